The summed E-state index contributed by atoms with van der Waals surface area (Å²) in [6, 6.07) is 13.3. The molecule has 194 valence electrons. The number of nitro benzene ring substituents is 1. The van der Waals surface area contributed by atoms with Gasteiger partial charge in [-0.2, -0.15) is 10.2 Å². The molecule has 10 heteroatoms. The van der Waals surface area contributed by atoms with Crippen molar-refractivity contribution in [2.24, 2.45) is 21.1 Å². The molecule has 0 aliphatic rings. The molecule has 0 amide bonds. The maximum Gasteiger partial charge on any atom is 0.311 e. The van der Waals surface area contributed by atoms with Gasteiger partial charge in [-0.25, -0.2) is 0 Å². The summed E-state index contributed by atoms with van der Waals surface area (Å²) >= 11 is 0. The molecule has 36 heavy (non-hydrogen) atoms. The molecule has 0 unspecified atom stereocenters. The van der Waals surface area contributed by atoms with Gasteiger partial charge in [-0.3, -0.25) is 19.7 Å². The lowest BCUT2D eigenvalue weighted by atomic mass is 9.75. The third kappa shape index (κ3) is 7.86. The Morgan fingerprint density at radius 2 is 1.42 bits per heavy atom. The number of nitro groups is 1. The highest BCUT2D eigenvalue weighted by Gasteiger charge is 2.40. The standard InChI is InChI=1S/C26H34N4O6/c1-7-29(16-17-36-24(32)26(4,5)18-25(2,3)23(31)35-6)21-12-8-19(9-13-21)27-28-20-10-14-22(15-11-20)30(33)34/h8-15H,7,16-18H2,1-6H3. The first-order valence-electron chi connectivity index (χ1n) is 11.7. The van der Waals surface area contributed by atoms with Crippen molar-refractivity contribution in [3.8, 4) is 0 Å². The monoisotopic (exact) mass is 498 g/mol. The van der Waals surface area contributed by atoms with Gasteiger partial charge >= 0.3 is 11.9 Å². The number of benzene rings is 2. The van der Waals surface area contributed by atoms with Crippen molar-refractivity contribution in [3.63, 3.8) is 0 Å². The molecule has 0 fully saturated rings. The van der Waals surface area contributed by atoms with Crippen LogP contribution >= 0.6 is 0 Å². The molecule has 2 aromatic rings. The zero-order valence-corrected chi connectivity index (χ0v) is 21.7. The lowest BCUT2D eigenvalue weighted by Gasteiger charge is -2.31. The highest BCUT2D eigenvalue weighted by Crippen LogP contribution is 2.35. The molecular weight excluding hydrogens is 464 g/mol. The van der Waals surface area contributed by atoms with Crippen LogP contribution in [0.3, 0.4) is 0 Å². The van der Waals surface area contributed by atoms with Gasteiger partial charge < -0.3 is 14.4 Å². The van der Waals surface area contributed by atoms with Crippen LogP contribution in [0, 0.1) is 20.9 Å². The van der Waals surface area contributed by atoms with E-state index in [1.54, 1.807) is 27.7 Å². The van der Waals surface area contributed by atoms with Gasteiger partial charge in [-0.15, -0.1) is 0 Å². The van der Waals surface area contributed by atoms with Gasteiger partial charge in [-0.1, -0.05) is 0 Å². The molecule has 0 atom stereocenters. The average molecular weight is 499 g/mol. The number of rotatable bonds is 12. The number of carbonyl (C=O) groups excluding carboxylic acids is 2. The smallest absolute Gasteiger partial charge is 0.311 e. The number of ether oxygens (including phenoxy) is 2. The molecule has 0 spiro atoms. The first kappa shape index (κ1) is 28.4. The van der Waals surface area contributed by atoms with E-state index in [9.17, 15) is 19.7 Å². The lowest BCUT2D eigenvalue weighted by Crippen LogP contribution is -2.38. The van der Waals surface area contributed by atoms with Crippen molar-refractivity contribution in [3.05, 3.63) is 58.6 Å². The van der Waals surface area contributed by atoms with Crippen molar-refractivity contribution in [1.29, 1.82) is 0 Å². The van der Waals surface area contributed by atoms with E-state index < -0.39 is 15.8 Å². The molecular formula is C26H34N4O6. The molecule has 0 aliphatic heterocycles. The second-order valence-corrected chi connectivity index (χ2v) is 9.64. The largest absolute Gasteiger partial charge is 0.469 e. The first-order chi connectivity index (χ1) is 16.9. The normalized spacial score (nSPS) is 11.8. The fraction of sp³-hybridized carbons (Fsp3) is 0.462. The fourth-order valence-electron chi connectivity index (χ4n) is 3.93. The Hall–Kier alpha value is -3.82. The fourth-order valence-corrected chi connectivity index (χ4v) is 3.93. The molecule has 0 heterocycles. The Bertz CT molecular complexity index is 1080. The molecule has 2 aromatic carbocycles. The van der Waals surface area contributed by atoms with Crippen molar-refractivity contribution in [2.45, 2.75) is 41.0 Å². The number of hydrogen-bond donors (Lipinski definition) is 0. The van der Waals surface area contributed by atoms with Crippen molar-refractivity contribution < 1.29 is 24.0 Å². The van der Waals surface area contributed by atoms with E-state index in [-0.39, 0.29) is 24.2 Å². The van der Waals surface area contributed by atoms with Crippen LogP contribution in [0.5, 0.6) is 0 Å². The Morgan fingerprint density at radius 1 is 0.917 bits per heavy atom. The van der Waals surface area contributed by atoms with Gasteiger partial charge in [0.1, 0.15) is 6.61 Å². The number of nitrogens with zero attached hydrogens (tertiary/aromatic N) is 4. The van der Waals surface area contributed by atoms with Crippen molar-refractivity contribution in [2.75, 3.05) is 31.7 Å². The predicted octanol–water partition coefficient (Wildman–Crippen LogP) is 6.00. The van der Waals surface area contributed by atoms with Crippen LogP contribution < -0.4 is 4.90 Å². The molecule has 10 nitrogen and oxygen atoms in total. The van der Waals surface area contributed by atoms with Crippen molar-refractivity contribution >= 4 is 34.7 Å². The Labute approximate surface area is 211 Å². The quantitative estimate of drug-likeness (QED) is 0.152. The van der Waals surface area contributed by atoms with Crippen LogP contribution in [-0.2, 0) is 19.1 Å². The summed E-state index contributed by atoms with van der Waals surface area (Å²) in [5, 5.41) is 19.0. The zero-order valence-electron chi connectivity index (χ0n) is 21.7. The van der Waals surface area contributed by atoms with Crippen LogP contribution in [0.25, 0.3) is 0 Å². The Morgan fingerprint density at radius 3 is 1.89 bits per heavy atom. The number of anilines is 1. The van der Waals surface area contributed by atoms with E-state index in [0.29, 0.717) is 30.9 Å². The number of likely N-dealkylation sites (N-methyl/N-ethyl adjacent to an activating group) is 1. The molecule has 0 N–H and O–H groups in total. The zero-order chi connectivity index (χ0) is 26.9. The number of non-ortho nitro benzene ring substituents is 1. The number of hydrogen-bond acceptors (Lipinski definition) is 9. The lowest BCUT2D eigenvalue weighted by molar-refractivity contribution is -0.384. The van der Waals surface area contributed by atoms with Crippen LogP contribution in [0.2, 0.25) is 0 Å². The Balaban J connectivity index is 1.93. The molecule has 0 saturated carbocycles. The van der Waals surface area contributed by atoms with E-state index in [0.717, 1.165) is 5.69 Å². The number of methoxy groups -OCH3 is 1. The van der Waals surface area contributed by atoms with E-state index in [2.05, 4.69) is 15.1 Å². The number of azo groups is 1. The van der Waals surface area contributed by atoms with Gasteiger partial charge in [-0.05, 0) is 77.4 Å². The summed E-state index contributed by atoms with van der Waals surface area (Å²) in [6.07, 6.45) is 0.304. The Kier molecular flexibility index (Phi) is 9.66. The third-order valence-electron chi connectivity index (χ3n) is 5.71. The average Bonchev–Trinajstić information content (AvgIpc) is 2.84. The van der Waals surface area contributed by atoms with E-state index in [4.69, 9.17) is 9.47 Å². The number of esters is 2. The second kappa shape index (κ2) is 12.2. The van der Waals surface area contributed by atoms with E-state index in [1.165, 1.54) is 31.4 Å². The summed E-state index contributed by atoms with van der Waals surface area (Å²) in [5.41, 5.74) is 0.440. The number of carbonyl (C=O) groups is 2. The predicted molar refractivity (Wildman–Crippen MR) is 137 cm³/mol. The topological polar surface area (TPSA) is 124 Å². The van der Waals surface area contributed by atoms with Gasteiger partial charge in [0.05, 0.1) is 40.8 Å². The third-order valence-corrected chi connectivity index (χ3v) is 5.71. The molecule has 0 aliphatic carbocycles. The van der Waals surface area contributed by atoms with Gasteiger partial charge in [0.15, 0.2) is 0 Å². The summed E-state index contributed by atoms with van der Waals surface area (Å²) in [4.78, 5) is 37.0. The van der Waals surface area contributed by atoms with Gasteiger partial charge in [0.25, 0.3) is 5.69 Å². The van der Waals surface area contributed by atoms with Crippen LogP contribution in [0.1, 0.15) is 41.0 Å². The van der Waals surface area contributed by atoms with Gasteiger partial charge in [0, 0.05) is 24.4 Å². The maximum absolute atomic E-state index is 12.7. The molecule has 2 rings (SSSR count). The minimum atomic E-state index is -0.842. The summed E-state index contributed by atoms with van der Waals surface area (Å²) in [7, 11) is 1.34. The molecule has 0 aromatic heterocycles. The van der Waals surface area contributed by atoms with E-state index >= 15 is 0 Å². The summed E-state index contributed by atoms with van der Waals surface area (Å²) < 4.78 is 10.4. The minimum absolute atomic E-state index is 0.00256. The van der Waals surface area contributed by atoms with Crippen LogP contribution in [0.4, 0.5) is 22.7 Å². The first-order valence-corrected chi connectivity index (χ1v) is 11.7. The SMILES string of the molecule is CCN(CCOC(=O)C(C)(C)CC(C)(C)C(=O)OC)c1ccc(N=Nc2ccc([N+](=O)[O-])cc2)cc1. The highest BCUT2D eigenvalue weighted by atomic mass is 16.6. The van der Waals surface area contributed by atoms with Crippen LogP contribution in [0.15, 0.2) is 58.8 Å². The highest BCUT2D eigenvalue weighted by molar-refractivity contribution is 5.80. The molecule has 0 bridgehead atoms. The second-order valence-electron chi connectivity index (χ2n) is 9.64. The summed E-state index contributed by atoms with van der Waals surface area (Å²) in [6.45, 7) is 10.5. The molecule has 0 saturated heterocycles. The maximum atomic E-state index is 12.7. The molecule has 0 radical (unpaired) electrons. The van der Waals surface area contributed by atoms with Crippen LogP contribution in [-0.4, -0.2) is 43.7 Å². The minimum Gasteiger partial charge on any atom is -0.469 e. The van der Waals surface area contributed by atoms with Gasteiger partial charge in [0.2, 0.25) is 0 Å². The van der Waals surface area contributed by atoms with E-state index in [1.807, 2.05) is 31.2 Å². The van der Waals surface area contributed by atoms with Crippen molar-refractivity contribution in [1.82, 2.24) is 0 Å². The summed E-state index contributed by atoms with van der Waals surface area (Å²) in [5.74, 6) is -0.728.